The number of nitrogens with one attached hydrogen (secondary N) is 1. The molecule has 0 radical (unpaired) electrons. The Kier molecular flexibility index (Phi) is 4.76. The van der Waals surface area contributed by atoms with Crippen molar-refractivity contribution in [2.75, 3.05) is 19.9 Å². The minimum atomic E-state index is -1.07. The van der Waals surface area contributed by atoms with E-state index in [0.717, 1.165) is 6.42 Å². The lowest BCUT2D eigenvalue weighted by Gasteiger charge is -2.26. The van der Waals surface area contributed by atoms with Crippen LogP contribution in [0.25, 0.3) is 0 Å². The fourth-order valence-electron chi connectivity index (χ4n) is 2.98. The Hall–Kier alpha value is -2.77. The molecule has 1 atom stereocenters. The van der Waals surface area contributed by atoms with Crippen molar-refractivity contribution in [2.24, 2.45) is 5.41 Å². The van der Waals surface area contributed by atoms with Gasteiger partial charge in [0.25, 0.3) is 5.91 Å². The number of hydrogen-bond donors (Lipinski definition) is 2. The Bertz CT molecular complexity index is 745. The van der Waals surface area contributed by atoms with E-state index in [1.807, 2.05) is 0 Å². The predicted molar refractivity (Wildman–Crippen MR) is 91.1 cm³/mol. The number of benzene rings is 1. The summed E-state index contributed by atoms with van der Waals surface area (Å²) in [6, 6.07) is 4.34. The molecule has 1 saturated heterocycles. The van der Waals surface area contributed by atoms with Crippen molar-refractivity contribution in [1.82, 2.24) is 10.2 Å². The van der Waals surface area contributed by atoms with Crippen molar-refractivity contribution < 1.29 is 29.0 Å². The average Bonchev–Trinajstić information content (AvgIpc) is 3.27. The summed E-state index contributed by atoms with van der Waals surface area (Å²) in [5.74, 6) is -0.464. The van der Waals surface area contributed by atoms with Crippen molar-refractivity contribution in [3.8, 4) is 11.5 Å². The van der Waals surface area contributed by atoms with E-state index in [0.29, 0.717) is 30.0 Å². The van der Waals surface area contributed by atoms with Gasteiger partial charge in [-0.25, -0.2) is 0 Å². The SMILES string of the molecule is CC(C)(CNC(=O)C1CCCN1C(=O)c1ccc2c(c1)OCO2)C(=O)O. The number of carbonyl (C=O) groups excluding carboxylic acids is 2. The van der Waals surface area contributed by atoms with E-state index in [-0.39, 0.29) is 25.2 Å². The number of ether oxygens (including phenoxy) is 2. The molecule has 3 rings (SSSR count). The molecule has 1 aromatic rings. The number of nitrogens with zero attached hydrogens (tertiary/aromatic N) is 1. The van der Waals surface area contributed by atoms with Crippen molar-refractivity contribution in [1.29, 1.82) is 0 Å². The smallest absolute Gasteiger partial charge is 0.310 e. The summed E-state index contributed by atoms with van der Waals surface area (Å²) in [4.78, 5) is 38.0. The number of carboxylic acids is 1. The normalized spacial score (nSPS) is 18.7. The van der Waals surface area contributed by atoms with Crippen LogP contribution in [0.5, 0.6) is 11.5 Å². The Morgan fingerprint density at radius 2 is 2.00 bits per heavy atom. The van der Waals surface area contributed by atoms with Crippen molar-refractivity contribution in [3.05, 3.63) is 23.8 Å². The second-order valence-electron chi connectivity index (χ2n) is 7.13. The molecule has 2 heterocycles. The largest absolute Gasteiger partial charge is 0.481 e. The lowest BCUT2D eigenvalue weighted by atomic mass is 9.94. The molecule has 2 N–H and O–H groups in total. The molecule has 8 heteroatoms. The van der Waals surface area contributed by atoms with Gasteiger partial charge in [-0.1, -0.05) is 0 Å². The van der Waals surface area contributed by atoms with Crippen LogP contribution >= 0.6 is 0 Å². The fraction of sp³-hybridized carbons (Fsp3) is 0.500. The van der Waals surface area contributed by atoms with Crippen LogP contribution in [0, 0.1) is 5.41 Å². The zero-order chi connectivity index (χ0) is 18.9. The lowest BCUT2D eigenvalue weighted by Crippen LogP contribution is -2.49. The molecular formula is C18H22N2O6. The van der Waals surface area contributed by atoms with Gasteiger partial charge in [-0.15, -0.1) is 0 Å². The van der Waals surface area contributed by atoms with Gasteiger partial charge in [-0.3, -0.25) is 14.4 Å². The third kappa shape index (κ3) is 3.44. The standard InChI is InChI=1S/C18H22N2O6/c1-18(2,17(23)24)9-19-15(21)12-4-3-7-20(12)16(22)11-5-6-13-14(8-11)26-10-25-13/h5-6,8,12H,3-4,7,9-10H2,1-2H3,(H,19,21)(H,23,24). The molecule has 0 spiro atoms. The van der Waals surface area contributed by atoms with E-state index in [4.69, 9.17) is 14.6 Å². The molecule has 140 valence electrons. The second kappa shape index (κ2) is 6.86. The fourth-order valence-corrected chi connectivity index (χ4v) is 2.98. The van der Waals surface area contributed by atoms with E-state index in [9.17, 15) is 14.4 Å². The zero-order valence-electron chi connectivity index (χ0n) is 14.8. The van der Waals surface area contributed by atoms with Gasteiger partial charge in [0, 0.05) is 18.7 Å². The first-order valence-corrected chi connectivity index (χ1v) is 8.51. The Morgan fingerprint density at radius 1 is 1.27 bits per heavy atom. The molecular weight excluding hydrogens is 340 g/mol. The minimum absolute atomic E-state index is 0.00369. The quantitative estimate of drug-likeness (QED) is 0.817. The van der Waals surface area contributed by atoms with E-state index >= 15 is 0 Å². The predicted octanol–water partition coefficient (Wildman–Crippen LogP) is 1.25. The molecule has 0 bridgehead atoms. The number of amides is 2. The van der Waals surface area contributed by atoms with Gasteiger partial charge in [0.15, 0.2) is 11.5 Å². The molecule has 2 amide bonds. The van der Waals surface area contributed by atoms with Gasteiger partial charge in [-0.2, -0.15) is 0 Å². The number of aliphatic carboxylic acids is 1. The van der Waals surface area contributed by atoms with Crippen molar-refractivity contribution in [2.45, 2.75) is 32.7 Å². The number of fused-ring (bicyclic) bond motifs is 1. The molecule has 2 aliphatic heterocycles. The van der Waals surface area contributed by atoms with Gasteiger partial charge in [0.2, 0.25) is 12.7 Å². The summed E-state index contributed by atoms with van der Waals surface area (Å²) in [7, 11) is 0. The Morgan fingerprint density at radius 3 is 2.73 bits per heavy atom. The molecule has 2 aliphatic rings. The lowest BCUT2D eigenvalue weighted by molar-refractivity contribution is -0.146. The van der Waals surface area contributed by atoms with Gasteiger partial charge in [0.1, 0.15) is 6.04 Å². The van der Waals surface area contributed by atoms with Crippen LogP contribution in [0.1, 0.15) is 37.0 Å². The van der Waals surface area contributed by atoms with E-state index in [2.05, 4.69) is 5.32 Å². The summed E-state index contributed by atoms with van der Waals surface area (Å²) in [5.41, 5.74) is -0.639. The Balaban J connectivity index is 1.68. The molecule has 8 nitrogen and oxygen atoms in total. The van der Waals surface area contributed by atoms with E-state index in [1.165, 1.54) is 4.90 Å². The van der Waals surface area contributed by atoms with Crippen molar-refractivity contribution in [3.63, 3.8) is 0 Å². The first kappa shape index (κ1) is 18.0. The molecule has 0 aromatic heterocycles. The topological polar surface area (TPSA) is 105 Å². The van der Waals surface area contributed by atoms with Crippen LogP contribution in [-0.4, -0.2) is 53.7 Å². The first-order chi connectivity index (χ1) is 12.3. The van der Waals surface area contributed by atoms with Crippen molar-refractivity contribution >= 4 is 17.8 Å². The van der Waals surface area contributed by atoms with Crippen LogP contribution in [0.4, 0.5) is 0 Å². The number of likely N-dealkylation sites (tertiary alicyclic amines) is 1. The molecule has 1 fully saturated rings. The van der Waals surface area contributed by atoms with Gasteiger partial charge < -0.3 is 24.8 Å². The van der Waals surface area contributed by atoms with Crippen LogP contribution in [-0.2, 0) is 9.59 Å². The van der Waals surface area contributed by atoms with E-state index in [1.54, 1.807) is 32.0 Å². The van der Waals surface area contributed by atoms with Crippen LogP contribution < -0.4 is 14.8 Å². The number of rotatable bonds is 5. The molecule has 1 unspecified atom stereocenters. The molecule has 0 saturated carbocycles. The van der Waals surface area contributed by atoms with Crippen LogP contribution in [0.15, 0.2) is 18.2 Å². The van der Waals surface area contributed by atoms with Gasteiger partial charge >= 0.3 is 5.97 Å². The van der Waals surface area contributed by atoms with E-state index < -0.39 is 17.4 Å². The first-order valence-electron chi connectivity index (χ1n) is 8.51. The highest BCUT2D eigenvalue weighted by Gasteiger charge is 2.36. The second-order valence-corrected chi connectivity index (χ2v) is 7.13. The number of carbonyl (C=O) groups is 3. The van der Waals surface area contributed by atoms with Gasteiger partial charge in [0.05, 0.1) is 5.41 Å². The summed E-state index contributed by atoms with van der Waals surface area (Å²) >= 11 is 0. The highest BCUT2D eigenvalue weighted by atomic mass is 16.7. The number of hydrogen-bond acceptors (Lipinski definition) is 5. The Labute approximate surface area is 151 Å². The monoisotopic (exact) mass is 362 g/mol. The minimum Gasteiger partial charge on any atom is -0.481 e. The van der Waals surface area contributed by atoms with Gasteiger partial charge in [-0.05, 0) is 44.9 Å². The van der Waals surface area contributed by atoms with Crippen LogP contribution in [0.2, 0.25) is 0 Å². The summed E-state index contributed by atoms with van der Waals surface area (Å²) in [6.07, 6.45) is 1.27. The average molecular weight is 362 g/mol. The third-order valence-electron chi connectivity index (χ3n) is 4.72. The summed E-state index contributed by atoms with van der Waals surface area (Å²) in [6.45, 7) is 3.69. The maximum absolute atomic E-state index is 12.8. The highest BCUT2D eigenvalue weighted by molar-refractivity contribution is 5.98. The summed E-state index contributed by atoms with van der Waals surface area (Å²) < 4.78 is 10.5. The third-order valence-corrected chi connectivity index (χ3v) is 4.72. The highest BCUT2D eigenvalue weighted by Crippen LogP contribution is 2.33. The van der Waals surface area contributed by atoms with Crippen LogP contribution in [0.3, 0.4) is 0 Å². The molecule has 0 aliphatic carbocycles. The maximum Gasteiger partial charge on any atom is 0.310 e. The summed E-state index contributed by atoms with van der Waals surface area (Å²) in [5, 5.41) is 11.8. The molecule has 1 aromatic carbocycles. The number of carboxylic acid groups (broad SMARTS) is 1. The maximum atomic E-state index is 12.8. The molecule has 26 heavy (non-hydrogen) atoms. The zero-order valence-corrected chi connectivity index (χ0v) is 14.8.